The van der Waals surface area contributed by atoms with Gasteiger partial charge in [0, 0.05) is 19.6 Å². The van der Waals surface area contributed by atoms with Crippen molar-refractivity contribution in [2.24, 2.45) is 11.8 Å². The Labute approximate surface area is 208 Å². The van der Waals surface area contributed by atoms with Crippen molar-refractivity contribution >= 4 is 11.7 Å². The van der Waals surface area contributed by atoms with Crippen LogP contribution >= 0.6 is 0 Å². The molecule has 2 saturated heterocycles. The van der Waals surface area contributed by atoms with Crippen molar-refractivity contribution in [3.63, 3.8) is 0 Å². The van der Waals surface area contributed by atoms with E-state index < -0.39 is 12.2 Å². The summed E-state index contributed by atoms with van der Waals surface area (Å²) in [5, 5.41) is 2.94. The van der Waals surface area contributed by atoms with Gasteiger partial charge in [-0.2, -0.15) is 13.2 Å². The number of nitrogens with zero attached hydrogens (tertiary/aromatic N) is 3. The summed E-state index contributed by atoms with van der Waals surface area (Å²) in [6, 6.07) is 4.36. The fourth-order valence-electron chi connectivity index (χ4n) is 5.42. The maximum absolute atomic E-state index is 13.0. The zero-order valence-electron chi connectivity index (χ0n) is 21.5. The number of halogens is 3. The number of anilines is 1. The van der Waals surface area contributed by atoms with Gasteiger partial charge in [0.25, 0.3) is 5.91 Å². The van der Waals surface area contributed by atoms with E-state index in [9.17, 15) is 18.0 Å². The first-order valence-electron chi connectivity index (χ1n) is 13.6. The van der Waals surface area contributed by atoms with E-state index in [1.54, 1.807) is 11.0 Å². The number of amides is 1. The van der Waals surface area contributed by atoms with Gasteiger partial charge in [-0.05, 0) is 88.9 Å². The van der Waals surface area contributed by atoms with E-state index in [0.717, 1.165) is 63.9 Å². The molecule has 2 fully saturated rings. The molecule has 3 heterocycles. The van der Waals surface area contributed by atoms with Crippen molar-refractivity contribution in [2.45, 2.75) is 90.3 Å². The number of hydrogen-bond acceptors (Lipinski definition) is 4. The van der Waals surface area contributed by atoms with Gasteiger partial charge in [-0.25, -0.2) is 4.98 Å². The van der Waals surface area contributed by atoms with Crippen LogP contribution in [0.25, 0.3) is 0 Å². The fraction of sp³-hybridized carbons (Fsp3) is 0.778. The molecule has 3 rings (SSSR count). The van der Waals surface area contributed by atoms with Gasteiger partial charge in [0.2, 0.25) is 0 Å². The Morgan fingerprint density at radius 1 is 1.06 bits per heavy atom. The molecule has 1 N–H and O–H groups in total. The second-order valence-corrected chi connectivity index (χ2v) is 10.4. The quantitative estimate of drug-likeness (QED) is 0.423. The average Bonchev–Trinajstić information content (AvgIpc) is 2.83. The SMILES string of the molecule is CCCCNC(=O)c1cccc(N2CCCC(CCC3CCN([C@@H](C)C(F)(F)F)CC3)CCC2)n1. The Morgan fingerprint density at radius 3 is 2.29 bits per heavy atom. The highest BCUT2D eigenvalue weighted by molar-refractivity contribution is 5.92. The van der Waals surface area contributed by atoms with Crippen molar-refractivity contribution < 1.29 is 18.0 Å². The Kier molecular flexibility index (Phi) is 10.7. The topological polar surface area (TPSA) is 48.5 Å². The number of carbonyl (C=O) groups is 1. The average molecular weight is 497 g/mol. The van der Waals surface area contributed by atoms with E-state index in [0.29, 0.717) is 37.2 Å². The van der Waals surface area contributed by atoms with Gasteiger partial charge in [0.1, 0.15) is 17.6 Å². The van der Waals surface area contributed by atoms with E-state index in [2.05, 4.69) is 22.1 Å². The van der Waals surface area contributed by atoms with Crippen LogP contribution in [0.3, 0.4) is 0 Å². The number of likely N-dealkylation sites (tertiary alicyclic amines) is 1. The monoisotopic (exact) mass is 496 g/mol. The van der Waals surface area contributed by atoms with Crippen LogP contribution in [0.2, 0.25) is 0 Å². The lowest BCUT2D eigenvalue weighted by Crippen LogP contribution is -2.47. The summed E-state index contributed by atoms with van der Waals surface area (Å²) >= 11 is 0. The van der Waals surface area contributed by atoms with Crippen molar-refractivity contribution in [2.75, 3.05) is 37.6 Å². The highest BCUT2D eigenvalue weighted by Gasteiger charge is 2.41. The first-order valence-corrected chi connectivity index (χ1v) is 13.6. The first kappa shape index (κ1) is 27.8. The van der Waals surface area contributed by atoms with Gasteiger partial charge < -0.3 is 10.2 Å². The second kappa shape index (κ2) is 13.5. The Bertz CT molecular complexity index is 770. The number of aromatic nitrogens is 1. The lowest BCUT2D eigenvalue weighted by Gasteiger charge is -2.37. The third-order valence-electron chi connectivity index (χ3n) is 7.84. The van der Waals surface area contributed by atoms with E-state index in [1.807, 2.05) is 12.1 Å². The van der Waals surface area contributed by atoms with Gasteiger partial charge >= 0.3 is 6.18 Å². The number of unbranched alkanes of at least 4 members (excludes halogenated alkanes) is 1. The number of hydrogen-bond donors (Lipinski definition) is 1. The fourth-order valence-corrected chi connectivity index (χ4v) is 5.42. The minimum Gasteiger partial charge on any atom is -0.357 e. The molecule has 0 aliphatic carbocycles. The molecule has 198 valence electrons. The number of rotatable bonds is 9. The van der Waals surface area contributed by atoms with Crippen LogP contribution in [0.5, 0.6) is 0 Å². The van der Waals surface area contributed by atoms with Gasteiger partial charge in [-0.3, -0.25) is 9.69 Å². The lowest BCUT2D eigenvalue weighted by atomic mass is 9.84. The van der Waals surface area contributed by atoms with Crippen molar-refractivity contribution in [1.82, 2.24) is 15.2 Å². The normalized spacial score (nSPS) is 20.3. The van der Waals surface area contributed by atoms with Crippen LogP contribution in [0.15, 0.2) is 18.2 Å². The number of nitrogens with one attached hydrogen (secondary N) is 1. The minimum absolute atomic E-state index is 0.105. The lowest BCUT2D eigenvalue weighted by molar-refractivity contribution is -0.182. The van der Waals surface area contributed by atoms with Crippen molar-refractivity contribution in [3.8, 4) is 0 Å². The van der Waals surface area contributed by atoms with E-state index in [1.165, 1.54) is 26.2 Å². The van der Waals surface area contributed by atoms with Gasteiger partial charge in [0.15, 0.2) is 0 Å². The zero-order chi connectivity index (χ0) is 25.3. The molecule has 1 amide bonds. The predicted molar refractivity (Wildman–Crippen MR) is 135 cm³/mol. The van der Waals surface area contributed by atoms with E-state index in [4.69, 9.17) is 0 Å². The van der Waals surface area contributed by atoms with Crippen LogP contribution in [0, 0.1) is 11.8 Å². The largest absolute Gasteiger partial charge is 0.403 e. The molecule has 0 aromatic carbocycles. The number of alkyl halides is 3. The summed E-state index contributed by atoms with van der Waals surface area (Å²) in [5.74, 6) is 2.04. The second-order valence-electron chi connectivity index (χ2n) is 10.4. The summed E-state index contributed by atoms with van der Waals surface area (Å²) < 4.78 is 38.9. The van der Waals surface area contributed by atoms with Crippen LogP contribution in [-0.2, 0) is 0 Å². The molecule has 1 aromatic heterocycles. The Morgan fingerprint density at radius 2 is 1.69 bits per heavy atom. The maximum atomic E-state index is 13.0. The highest BCUT2D eigenvalue weighted by atomic mass is 19.4. The molecule has 0 saturated carbocycles. The molecule has 35 heavy (non-hydrogen) atoms. The van der Waals surface area contributed by atoms with Gasteiger partial charge in [-0.15, -0.1) is 0 Å². The molecule has 0 radical (unpaired) electrons. The molecule has 1 atom stereocenters. The van der Waals surface area contributed by atoms with Crippen molar-refractivity contribution in [3.05, 3.63) is 23.9 Å². The smallest absolute Gasteiger partial charge is 0.357 e. The first-order chi connectivity index (χ1) is 16.8. The minimum atomic E-state index is -4.13. The van der Waals surface area contributed by atoms with Crippen LogP contribution in [0.1, 0.15) is 88.5 Å². The third-order valence-corrected chi connectivity index (χ3v) is 7.84. The third kappa shape index (κ3) is 8.65. The summed E-state index contributed by atoms with van der Waals surface area (Å²) in [4.78, 5) is 20.9. The molecule has 0 unspecified atom stereocenters. The zero-order valence-corrected chi connectivity index (χ0v) is 21.5. The van der Waals surface area contributed by atoms with Crippen molar-refractivity contribution in [1.29, 1.82) is 0 Å². The number of pyridine rings is 1. The molecule has 1 aromatic rings. The summed E-state index contributed by atoms with van der Waals surface area (Å²) in [6.45, 7) is 7.07. The number of carbonyl (C=O) groups excluding carboxylic acids is 1. The molecule has 2 aliphatic heterocycles. The van der Waals surface area contributed by atoms with Crippen LogP contribution in [-0.4, -0.2) is 60.7 Å². The summed E-state index contributed by atoms with van der Waals surface area (Å²) in [7, 11) is 0. The number of piperidine rings is 1. The molecule has 0 bridgehead atoms. The summed E-state index contributed by atoms with van der Waals surface area (Å²) in [5.41, 5.74) is 0.481. The Balaban J connectivity index is 1.40. The Hall–Kier alpha value is -1.83. The molecule has 0 spiro atoms. The molecular weight excluding hydrogens is 453 g/mol. The van der Waals surface area contributed by atoms with Gasteiger partial charge in [-0.1, -0.05) is 32.3 Å². The predicted octanol–water partition coefficient (Wildman–Crippen LogP) is 6.05. The standard InChI is InChI=1S/C27H43F3N4O/c1-3-4-16-31-26(35)24-10-5-11-25(32-24)34-17-6-8-22(9-7-18-34)12-13-23-14-19-33(20-15-23)21(2)27(28,29)30/h5,10-11,21-23H,3-4,6-9,12-20H2,1-2H3,(H,31,35)/t21-/m0/s1. The van der Waals surface area contributed by atoms with E-state index >= 15 is 0 Å². The van der Waals surface area contributed by atoms with Crippen LogP contribution < -0.4 is 10.2 Å². The maximum Gasteiger partial charge on any atom is 0.403 e. The van der Waals surface area contributed by atoms with Gasteiger partial charge in [0.05, 0.1) is 0 Å². The molecule has 2 aliphatic rings. The highest BCUT2D eigenvalue weighted by Crippen LogP contribution is 2.32. The molecule has 5 nitrogen and oxygen atoms in total. The summed E-state index contributed by atoms with van der Waals surface area (Å²) in [6.07, 6.45) is 6.53. The van der Waals surface area contributed by atoms with E-state index in [-0.39, 0.29) is 5.91 Å². The molecule has 8 heteroatoms. The molecular formula is C27H43F3N4O. The van der Waals surface area contributed by atoms with Crippen LogP contribution in [0.4, 0.5) is 19.0 Å².